The predicted molar refractivity (Wildman–Crippen MR) is 110 cm³/mol. The Morgan fingerprint density at radius 1 is 1.10 bits per heavy atom. The number of hydrogen-bond acceptors (Lipinski definition) is 7. The summed E-state index contributed by atoms with van der Waals surface area (Å²) in [6.45, 7) is 1.81. The van der Waals surface area contributed by atoms with Gasteiger partial charge in [-0.1, -0.05) is 30.3 Å². The number of piperidine rings is 1. The molecule has 170 valence electrons. The molecule has 1 aromatic carbocycles. The average molecular weight is 434 g/mol. The summed E-state index contributed by atoms with van der Waals surface area (Å²) in [5, 5.41) is 0. The number of fused-ring (bicyclic) bond motifs is 2. The van der Waals surface area contributed by atoms with Crippen molar-refractivity contribution in [1.29, 1.82) is 0 Å². The van der Waals surface area contributed by atoms with Gasteiger partial charge in [0.2, 0.25) is 5.91 Å². The van der Waals surface area contributed by atoms with Crippen LogP contribution >= 0.6 is 0 Å². The van der Waals surface area contributed by atoms with Crippen LogP contribution in [-0.4, -0.2) is 79.6 Å². The summed E-state index contributed by atoms with van der Waals surface area (Å²) in [5.41, 5.74) is 0.858. The fourth-order valence-electron chi connectivity index (χ4n) is 4.44. The quantitative estimate of drug-likeness (QED) is 0.456. The summed E-state index contributed by atoms with van der Waals surface area (Å²) < 4.78 is 21.5. The fourth-order valence-corrected chi connectivity index (χ4v) is 4.44. The maximum Gasteiger partial charge on any atom is 0.411 e. The molecule has 2 saturated heterocycles. The van der Waals surface area contributed by atoms with Crippen molar-refractivity contribution in [2.45, 2.75) is 57.2 Å². The highest BCUT2D eigenvalue weighted by atomic mass is 16.7. The van der Waals surface area contributed by atoms with Crippen LogP contribution in [0.2, 0.25) is 0 Å². The fraction of sp³-hybridized carbons (Fsp3) is 0.591. The molecule has 2 fully saturated rings. The second-order valence-electron chi connectivity index (χ2n) is 7.56. The van der Waals surface area contributed by atoms with Crippen molar-refractivity contribution >= 4 is 18.0 Å². The van der Waals surface area contributed by atoms with Crippen LogP contribution in [0.5, 0.6) is 0 Å². The number of hydrogen-bond donors (Lipinski definition) is 0. The standard InChI is InChI=1S/C22H30N2O7/c1-4-30-18(25)13-23-19(21(28-2)29-3)16-11-8-12-17(20(23)26)24(16)22(27)31-14-15-9-6-5-7-10-15/h5-7,9-10,16-17,19,21H,4,8,11-14H2,1-3H3/t16-,17+,19+/m1/s1. The Hall–Kier alpha value is -2.65. The molecule has 2 heterocycles. The lowest BCUT2D eigenvalue weighted by atomic mass is 9.85. The van der Waals surface area contributed by atoms with Crippen LogP contribution in [0.4, 0.5) is 4.79 Å². The third-order valence-corrected chi connectivity index (χ3v) is 5.76. The molecule has 0 saturated carbocycles. The molecule has 2 aliphatic heterocycles. The molecule has 1 aromatic rings. The Balaban J connectivity index is 1.85. The smallest absolute Gasteiger partial charge is 0.411 e. The van der Waals surface area contributed by atoms with Crippen LogP contribution in [0, 0.1) is 0 Å². The van der Waals surface area contributed by atoms with Crippen molar-refractivity contribution in [3.05, 3.63) is 35.9 Å². The first kappa shape index (κ1) is 23.0. The van der Waals surface area contributed by atoms with E-state index in [0.717, 1.165) is 12.0 Å². The van der Waals surface area contributed by atoms with Gasteiger partial charge < -0.3 is 23.8 Å². The summed E-state index contributed by atoms with van der Waals surface area (Å²) in [4.78, 5) is 41.6. The molecule has 3 atom stereocenters. The second-order valence-corrected chi connectivity index (χ2v) is 7.56. The molecule has 0 unspecified atom stereocenters. The molecule has 0 aromatic heterocycles. The SMILES string of the molecule is CCOC(=O)CN1C(=O)[C@@H]2CCC[C@H]([C@H]1C(OC)OC)N2C(=O)OCc1ccccc1. The number of likely N-dealkylation sites (tertiary alicyclic amines) is 1. The molecule has 0 radical (unpaired) electrons. The Morgan fingerprint density at radius 3 is 2.45 bits per heavy atom. The zero-order valence-electron chi connectivity index (χ0n) is 18.2. The van der Waals surface area contributed by atoms with E-state index in [4.69, 9.17) is 18.9 Å². The summed E-state index contributed by atoms with van der Waals surface area (Å²) in [6, 6.07) is 7.60. The molecular weight excluding hydrogens is 404 g/mol. The van der Waals surface area contributed by atoms with E-state index in [1.165, 1.54) is 24.0 Å². The largest absolute Gasteiger partial charge is 0.465 e. The van der Waals surface area contributed by atoms with E-state index in [1.807, 2.05) is 30.3 Å². The van der Waals surface area contributed by atoms with Gasteiger partial charge in [0.05, 0.1) is 12.6 Å². The third kappa shape index (κ3) is 4.99. The number of nitrogens with zero attached hydrogens (tertiary/aromatic N) is 2. The molecule has 2 aliphatic rings. The number of benzene rings is 1. The highest BCUT2D eigenvalue weighted by molar-refractivity contribution is 5.90. The lowest BCUT2D eigenvalue weighted by Gasteiger charge is -2.53. The molecule has 9 nitrogen and oxygen atoms in total. The molecule has 0 spiro atoms. The maximum atomic E-state index is 13.4. The Labute approximate surface area is 182 Å². The Bertz CT molecular complexity index is 768. The van der Waals surface area contributed by atoms with Gasteiger partial charge in [-0.15, -0.1) is 0 Å². The first-order chi connectivity index (χ1) is 15.0. The molecule has 31 heavy (non-hydrogen) atoms. The molecule has 3 rings (SSSR count). The van der Waals surface area contributed by atoms with E-state index < -0.39 is 36.5 Å². The highest BCUT2D eigenvalue weighted by Crippen LogP contribution is 2.36. The highest BCUT2D eigenvalue weighted by Gasteiger charge is 2.54. The topological polar surface area (TPSA) is 94.6 Å². The van der Waals surface area contributed by atoms with Gasteiger partial charge in [0.25, 0.3) is 0 Å². The number of ether oxygens (including phenoxy) is 4. The first-order valence-corrected chi connectivity index (χ1v) is 10.5. The zero-order chi connectivity index (χ0) is 22.4. The van der Waals surface area contributed by atoms with E-state index >= 15 is 0 Å². The van der Waals surface area contributed by atoms with E-state index in [-0.39, 0.29) is 25.7 Å². The average Bonchev–Trinajstić information content (AvgIpc) is 2.79. The summed E-state index contributed by atoms with van der Waals surface area (Å²) in [5.74, 6) is -0.838. The number of carbonyl (C=O) groups is 3. The van der Waals surface area contributed by atoms with Gasteiger partial charge >= 0.3 is 12.1 Å². The number of carbonyl (C=O) groups excluding carboxylic acids is 3. The van der Waals surface area contributed by atoms with Crippen molar-refractivity contribution < 1.29 is 33.3 Å². The number of esters is 1. The maximum absolute atomic E-state index is 13.4. The Morgan fingerprint density at radius 2 is 1.81 bits per heavy atom. The van der Waals surface area contributed by atoms with Gasteiger partial charge in [0.15, 0.2) is 6.29 Å². The zero-order valence-corrected chi connectivity index (χ0v) is 18.2. The van der Waals surface area contributed by atoms with Crippen LogP contribution < -0.4 is 0 Å². The van der Waals surface area contributed by atoms with Gasteiger partial charge in [0, 0.05) is 14.2 Å². The van der Waals surface area contributed by atoms with Gasteiger partial charge in [-0.25, -0.2) is 4.79 Å². The van der Waals surface area contributed by atoms with E-state index in [1.54, 1.807) is 6.92 Å². The number of amides is 2. The van der Waals surface area contributed by atoms with Gasteiger partial charge in [-0.05, 0) is 31.7 Å². The van der Waals surface area contributed by atoms with Crippen LogP contribution in [0.25, 0.3) is 0 Å². The van der Waals surface area contributed by atoms with Crippen molar-refractivity contribution in [3.8, 4) is 0 Å². The number of piperazine rings is 1. The van der Waals surface area contributed by atoms with Gasteiger partial charge in [-0.2, -0.15) is 0 Å². The van der Waals surface area contributed by atoms with Crippen LogP contribution in [0.1, 0.15) is 31.7 Å². The van der Waals surface area contributed by atoms with Crippen LogP contribution in [0.15, 0.2) is 30.3 Å². The number of rotatable bonds is 8. The third-order valence-electron chi connectivity index (χ3n) is 5.76. The molecular formula is C22H30N2O7. The molecule has 2 bridgehead atoms. The van der Waals surface area contributed by atoms with Crippen molar-refractivity contribution in [2.75, 3.05) is 27.4 Å². The first-order valence-electron chi connectivity index (χ1n) is 10.5. The summed E-state index contributed by atoms with van der Waals surface area (Å²) >= 11 is 0. The molecule has 2 amide bonds. The minimum absolute atomic E-state index is 0.110. The van der Waals surface area contributed by atoms with E-state index in [2.05, 4.69) is 0 Å². The van der Waals surface area contributed by atoms with Crippen molar-refractivity contribution in [1.82, 2.24) is 9.80 Å². The molecule has 0 N–H and O–H groups in total. The summed E-state index contributed by atoms with van der Waals surface area (Å²) in [7, 11) is 2.93. The monoisotopic (exact) mass is 434 g/mol. The lowest BCUT2D eigenvalue weighted by molar-refractivity contribution is -0.196. The molecule has 0 aliphatic carbocycles. The predicted octanol–water partition coefficient (Wildman–Crippen LogP) is 1.94. The van der Waals surface area contributed by atoms with Gasteiger partial charge in [0.1, 0.15) is 25.2 Å². The lowest BCUT2D eigenvalue weighted by Crippen LogP contribution is -2.73. The second kappa shape index (κ2) is 10.6. The van der Waals surface area contributed by atoms with Crippen LogP contribution in [0.3, 0.4) is 0 Å². The van der Waals surface area contributed by atoms with E-state index in [9.17, 15) is 14.4 Å². The number of methoxy groups -OCH3 is 2. The Kier molecular flexibility index (Phi) is 7.86. The minimum atomic E-state index is -0.813. The van der Waals surface area contributed by atoms with Gasteiger partial charge in [-0.3, -0.25) is 14.5 Å². The molecule has 9 heteroatoms. The van der Waals surface area contributed by atoms with Crippen molar-refractivity contribution in [3.63, 3.8) is 0 Å². The summed E-state index contributed by atoms with van der Waals surface area (Å²) in [6.07, 6.45) is 0.544. The normalized spacial score (nSPS) is 23.1. The minimum Gasteiger partial charge on any atom is -0.465 e. The van der Waals surface area contributed by atoms with Crippen molar-refractivity contribution in [2.24, 2.45) is 0 Å². The van der Waals surface area contributed by atoms with Crippen LogP contribution in [-0.2, 0) is 35.1 Å². The van der Waals surface area contributed by atoms with E-state index in [0.29, 0.717) is 12.8 Å².